The summed E-state index contributed by atoms with van der Waals surface area (Å²) in [6.45, 7) is 5.56. The molecule has 0 radical (unpaired) electrons. The van der Waals surface area contributed by atoms with Crippen LogP contribution in [0.15, 0.2) is 22.8 Å². The van der Waals surface area contributed by atoms with Gasteiger partial charge in [0.25, 0.3) is 11.8 Å². The van der Waals surface area contributed by atoms with E-state index in [1.165, 1.54) is 11.3 Å². The number of carbonyl (C=O) groups is 2. The van der Waals surface area contributed by atoms with Gasteiger partial charge in [-0.1, -0.05) is 0 Å². The van der Waals surface area contributed by atoms with Crippen molar-refractivity contribution in [1.29, 1.82) is 5.26 Å². The molecular formula is C16H13N3O2S2. The number of thiazole rings is 1. The van der Waals surface area contributed by atoms with Gasteiger partial charge < -0.3 is 0 Å². The van der Waals surface area contributed by atoms with Crippen LogP contribution in [0.5, 0.6) is 0 Å². The van der Waals surface area contributed by atoms with E-state index in [-0.39, 0.29) is 18.0 Å². The van der Waals surface area contributed by atoms with E-state index in [1.807, 2.05) is 19.1 Å². The standard InChI is InChI=1S/C16H13N3O2S2/c1-4-19-15(20)11(8(2)12(7-17)16(19)21)5-10-6-13-14(23-10)18-9(3)22-13/h5-6H,4H2,1-3H3/b11-5-. The van der Waals surface area contributed by atoms with E-state index < -0.39 is 5.91 Å². The number of rotatable bonds is 2. The van der Waals surface area contributed by atoms with E-state index in [9.17, 15) is 14.9 Å². The van der Waals surface area contributed by atoms with Gasteiger partial charge in [0.1, 0.15) is 16.5 Å². The van der Waals surface area contributed by atoms with Gasteiger partial charge in [0.05, 0.1) is 9.71 Å². The van der Waals surface area contributed by atoms with Gasteiger partial charge in [-0.25, -0.2) is 4.98 Å². The maximum Gasteiger partial charge on any atom is 0.271 e. The van der Waals surface area contributed by atoms with Crippen molar-refractivity contribution >= 4 is 50.1 Å². The summed E-state index contributed by atoms with van der Waals surface area (Å²) in [7, 11) is 0. The molecule has 5 nitrogen and oxygen atoms in total. The van der Waals surface area contributed by atoms with Gasteiger partial charge in [-0.2, -0.15) is 5.26 Å². The number of nitrogens with zero attached hydrogens (tertiary/aromatic N) is 3. The Balaban J connectivity index is 2.13. The monoisotopic (exact) mass is 343 g/mol. The normalized spacial score (nSPS) is 17.5. The lowest BCUT2D eigenvalue weighted by molar-refractivity contribution is -0.140. The molecule has 0 aliphatic carbocycles. The molecule has 2 amide bonds. The number of thiophene rings is 1. The van der Waals surface area contributed by atoms with Gasteiger partial charge in [0.15, 0.2) is 0 Å². The molecule has 0 fully saturated rings. The molecule has 1 aliphatic rings. The summed E-state index contributed by atoms with van der Waals surface area (Å²) in [6, 6.07) is 3.90. The quantitative estimate of drug-likeness (QED) is 0.619. The molecule has 0 aromatic carbocycles. The lowest BCUT2D eigenvalue weighted by Crippen LogP contribution is -2.42. The molecule has 23 heavy (non-hydrogen) atoms. The number of aromatic nitrogens is 1. The highest BCUT2D eigenvalue weighted by Gasteiger charge is 2.34. The minimum absolute atomic E-state index is 0.0324. The van der Waals surface area contributed by atoms with Crippen LogP contribution in [0.25, 0.3) is 15.6 Å². The van der Waals surface area contributed by atoms with Crippen molar-refractivity contribution in [3.05, 3.63) is 32.7 Å². The van der Waals surface area contributed by atoms with Crippen LogP contribution < -0.4 is 0 Å². The summed E-state index contributed by atoms with van der Waals surface area (Å²) in [6.07, 6.45) is 1.75. The number of amides is 2. The van der Waals surface area contributed by atoms with Crippen LogP contribution in [0.4, 0.5) is 0 Å². The first kappa shape index (κ1) is 15.6. The van der Waals surface area contributed by atoms with Gasteiger partial charge in [-0.3, -0.25) is 14.5 Å². The molecule has 2 aromatic rings. The van der Waals surface area contributed by atoms with E-state index in [0.717, 1.165) is 24.3 Å². The third kappa shape index (κ3) is 2.50. The Morgan fingerprint density at radius 3 is 2.65 bits per heavy atom. The van der Waals surface area contributed by atoms with Crippen LogP contribution in [0, 0.1) is 18.3 Å². The van der Waals surface area contributed by atoms with Crippen LogP contribution in [0.1, 0.15) is 23.7 Å². The van der Waals surface area contributed by atoms with Gasteiger partial charge in [-0.05, 0) is 38.5 Å². The number of aryl methyl sites for hydroxylation is 1. The molecule has 0 saturated heterocycles. The Morgan fingerprint density at radius 2 is 2.04 bits per heavy atom. The number of nitriles is 1. The van der Waals surface area contributed by atoms with E-state index in [4.69, 9.17) is 0 Å². The van der Waals surface area contributed by atoms with Gasteiger partial charge in [0, 0.05) is 17.0 Å². The fraction of sp³-hybridized carbons (Fsp3) is 0.250. The zero-order valence-electron chi connectivity index (χ0n) is 12.8. The minimum Gasteiger partial charge on any atom is -0.274 e. The number of imide groups is 1. The molecule has 1 aliphatic heterocycles. The second-order valence-corrected chi connectivity index (χ2v) is 7.37. The van der Waals surface area contributed by atoms with Crippen LogP contribution in [-0.2, 0) is 9.59 Å². The predicted octanol–water partition coefficient (Wildman–Crippen LogP) is 3.28. The number of fused-ring (bicyclic) bond motifs is 1. The molecule has 0 bridgehead atoms. The van der Waals surface area contributed by atoms with E-state index >= 15 is 0 Å². The number of hydrogen-bond acceptors (Lipinski definition) is 6. The molecule has 0 spiro atoms. The van der Waals surface area contributed by atoms with Crippen molar-refractivity contribution in [2.45, 2.75) is 20.8 Å². The molecule has 0 saturated carbocycles. The number of likely N-dealkylation sites (N-methyl/N-ethyl adjacent to an activating group) is 1. The molecular weight excluding hydrogens is 330 g/mol. The summed E-state index contributed by atoms with van der Waals surface area (Å²) < 4.78 is 1.08. The fourth-order valence-corrected chi connectivity index (χ4v) is 4.56. The maximum atomic E-state index is 12.5. The van der Waals surface area contributed by atoms with Crippen molar-refractivity contribution in [2.75, 3.05) is 6.54 Å². The highest BCUT2D eigenvalue weighted by molar-refractivity contribution is 7.27. The van der Waals surface area contributed by atoms with Crippen molar-refractivity contribution in [2.24, 2.45) is 0 Å². The smallest absolute Gasteiger partial charge is 0.271 e. The SMILES string of the molecule is CCN1C(=O)C(C#N)=C(C)/C(=C/c2cc3sc(C)nc3s2)C1=O. The molecule has 0 N–H and O–H groups in total. The van der Waals surface area contributed by atoms with Crippen molar-refractivity contribution in [3.63, 3.8) is 0 Å². The number of hydrogen-bond donors (Lipinski definition) is 0. The maximum absolute atomic E-state index is 12.5. The fourth-order valence-electron chi connectivity index (χ4n) is 2.49. The summed E-state index contributed by atoms with van der Waals surface area (Å²) in [5.41, 5.74) is 0.867. The topological polar surface area (TPSA) is 74.1 Å². The Hall–Kier alpha value is -2.30. The van der Waals surface area contributed by atoms with Crippen LogP contribution in [0.3, 0.4) is 0 Å². The molecule has 2 aromatic heterocycles. The van der Waals surface area contributed by atoms with Gasteiger partial charge in [0.2, 0.25) is 0 Å². The second-order valence-electron chi connectivity index (χ2n) is 5.08. The largest absolute Gasteiger partial charge is 0.274 e. The predicted molar refractivity (Wildman–Crippen MR) is 90.9 cm³/mol. The average Bonchev–Trinajstić information content (AvgIpc) is 3.01. The molecule has 3 heterocycles. The Labute approximate surface area is 141 Å². The molecule has 0 unspecified atom stereocenters. The highest BCUT2D eigenvalue weighted by Crippen LogP contribution is 2.33. The van der Waals surface area contributed by atoms with Gasteiger partial charge >= 0.3 is 0 Å². The van der Waals surface area contributed by atoms with Crippen molar-refractivity contribution in [3.8, 4) is 6.07 Å². The Bertz CT molecular complexity index is 909. The zero-order chi connectivity index (χ0) is 16.7. The Kier molecular flexibility index (Phi) is 3.88. The van der Waals surface area contributed by atoms with Crippen LogP contribution >= 0.6 is 22.7 Å². The van der Waals surface area contributed by atoms with E-state index in [2.05, 4.69) is 4.98 Å². The van der Waals surface area contributed by atoms with Crippen molar-refractivity contribution in [1.82, 2.24) is 9.88 Å². The summed E-state index contributed by atoms with van der Waals surface area (Å²) in [5.74, 6) is -0.867. The second kappa shape index (κ2) is 5.72. The average molecular weight is 343 g/mol. The number of carbonyl (C=O) groups excluding carboxylic acids is 2. The lowest BCUT2D eigenvalue weighted by Gasteiger charge is -2.26. The molecule has 3 rings (SSSR count). The summed E-state index contributed by atoms with van der Waals surface area (Å²) in [5, 5.41) is 10.2. The van der Waals surface area contributed by atoms with Crippen molar-refractivity contribution < 1.29 is 9.59 Å². The summed E-state index contributed by atoms with van der Waals surface area (Å²) in [4.78, 5) is 32.0. The third-order valence-corrected chi connectivity index (χ3v) is 5.67. The molecule has 0 atom stereocenters. The minimum atomic E-state index is -0.515. The van der Waals surface area contributed by atoms with E-state index in [1.54, 1.807) is 31.3 Å². The van der Waals surface area contributed by atoms with Crippen LogP contribution in [-0.4, -0.2) is 28.2 Å². The first-order valence-corrected chi connectivity index (χ1v) is 8.65. The highest BCUT2D eigenvalue weighted by atomic mass is 32.1. The van der Waals surface area contributed by atoms with E-state index in [0.29, 0.717) is 11.1 Å². The molecule has 116 valence electrons. The molecule has 7 heteroatoms. The first-order valence-electron chi connectivity index (χ1n) is 7.02. The van der Waals surface area contributed by atoms with Gasteiger partial charge in [-0.15, -0.1) is 22.7 Å². The third-order valence-electron chi connectivity index (χ3n) is 3.64. The zero-order valence-corrected chi connectivity index (χ0v) is 14.5. The lowest BCUT2D eigenvalue weighted by atomic mass is 9.95. The first-order chi connectivity index (χ1) is 11.0. The Morgan fingerprint density at radius 1 is 1.30 bits per heavy atom. The van der Waals surface area contributed by atoms with Crippen LogP contribution in [0.2, 0.25) is 0 Å². The summed E-state index contributed by atoms with van der Waals surface area (Å²) >= 11 is 3.10.